The third-order valence-electron chi connectivity index (χ3n) is 5.36. The number of ketones is 1. The van der Waals surface area contributed by atoms with Gasteiger partial charge in [-0.15, -0.1) is 10.2 Å². The molecule has 0 radical (unpaired) electrons. The Morgan fingerprint density at radius 2 is 1.74 bits per heavy atom. The number of benzene rings is 2. The van der Waals surface area contributed by atoms with Crippen LogP contribution in [0.25, 0.3) is 11.4 Å². The summed E-state index contributed by atoms with van der Waals surface area (Å²) in [6.45, 7) is 4.64. The highest BCUT2D eigenvalue weighted by Gasteiger charge is 2.18. The molecule has 5 nitrogen and oxygen atoms in total. The van der Waals surface area contributed by atoms with Crippen LogP contribution in [-0.4, -0.2) is 30.9 Å². The summed E-state index contributed by atoms with van der Waals surface area (Å²) < 4.78 is 4.06. The number of rotatable bonds is 7. The Kier molecular flexibility index (Phi) is 6.30. The summed E-state index contributed by atoms with van der Waals surface area (Å²) in [5.41, 5.74) is 4.76. The number of thioether (sulfide) groups is 1. The van der Waals surface area contributed by atoms with Crippen LogP contribution >= 0.6 is 23.4 Å². The molecular formula is C24H23ClN4OS. The molecule has 0 aliphatic heterocycles. The summed E-state index contributed by atoms with van der Waals surface area (Å²) in [6, 6.07) is 19.7. The molecule has 7 heteroatoms. The van der Waals surface area contributed by atoms with Gasteiger partial charge in [-0.3, -0.25) is 4.79 Å². The normalized spacial score (nSPS) is 11.1. The first-order valence-electron chi connectivity index (χ1n) is 9.96. The molecule has 4 rings (SSSR count). The molecular weight excluding hydrogens is 428 g/mol. The number of aromatic nitrogens is 4. The van der Waals surface area contributed by atoms with E-state index in [0.29, 0.717) is 12.3 Å². The first-order chi connectivity index (χ1) is 15.0. The van der Waals surface area contributed by atoms with Crippen LogP contribution in [0.2, 0.25) is 5.02 Å². The van der Waals surface area contributed by atoms with Crippen molar-refractivity contribution in [2.75, 3.05) is 5.75 Å². The topological polar surface area (TPSA) is 52.7 Å². The van der Waals surface area contributed by atoms with Crippen LogP contribution in [0.15, 0.2) is 65.8 Å². The molecule has 0 atom stereocenters. The first-order valence-corrected chi connectivity index (χ1v) is 11.3. The van der Waals surface area contributed by atoms with Crippen molar-refractivity contribution in [1.82, 2.24) is 19.3 Å². The van der Waals surface area contributed by atoms with Crippen molar-refractivity contribution < 1.29 is 4.79 Å². The molecule has 2 aromatic carbocycles. The lowest BCUT2D eigenvalue weighted by atomic mass is 10.2. The summed E-state index contributed by atoms with van der Waals surface area (Å²) in [6.07, 6.45) is 0. The highest BCUT2D eigenvalue weighted by Crippen LogP contribution is 2.25. The van der Waals surface area contributed by atoms with Gasteiger partial charge in [0.05, 0.1) is 5.75 Å². The van der Waals surface area contributed by atoms with E-state index in [9.17, 15) is 4.79 Å². The minimum atomic E-state index is 0.0766. The fourth-order valence-corrected chi connectivity index (χ4v) is 4.60. The number of nitrogens with zero attached hydrogens (tertiary/aromatic N) is 4. The average Bonchev–Trinajstić information content (AvgIpc) is 3.28. The van der Waals surface area contributed by atoms with E-state index in [2.05, 4.69) is 14.8 Å². The molecule has 0 aliphatic carbocycles. The molecule has 4 aromatic rings. The molecule has 2 aromatic heterocycles. The van der Waals surface area contributed by atoms with Gasteiger partial charge in [0.2, 0.25) is 0 Å². The number of hydrogen-bond donors (Lipinski definition) is 0. The van der Waals surface area contributed by atoms with E-state index in [1.807, 2.05) is 86.1 Å². The van der Waals surface area contributed by atoms with Crippen molar-refractivity contribution in [1.29, 1.82) is 0 Å². The molecule has 0 bridgehead atoms. The van der Waals surface area contributed by atoms with Gasteiger partial charge in [-0.25, -0.2) is 0 Å². The van der Waals surface area contributed by atoms with Crippen molar-refractivity contribution in [3.8, 4) is 11.4 Å². The van der Waals surface area contributed by atoms with E-state index in [0.717, 1.165) is 44.1 Å². The Morgan fingerprint density at radius 3 is 2.48 bits per heavy atom. The first kappa shape index (κ1) is 21.4. The maximum Gasteiger partial charge on any atom is 0.191 e. The molecule has 158 valence electrons. The van der Waals surface area contributed by atoms with Crippen LogP contribution in [0.3, 0.4) is 0 Å². The Labute approximate surface area is 191 Å². The van der Waals surface area contributed by atoms with Gasteiger partial charge in [-0.1, -0.05) is 71.9 Å². The van der Waals surface area contributed by atoms with Crippen molar-refractivity contribution >= 4 is 29.1 Å². The zero-order valence-corrected chi connectivity index (χ0v) is 19.2. The largest absolute Gasteiger partial charge is 0.344 e. The summed E-state index contributed by atoms with van der Waals surface area (Å²) in [4.78, 5) is 13.0. The van der Waals surface area contributed by atoms with Gasteiger partial charge >= 0.3 is 0 Å². The second-order valence-electron chi connectivity index (χ2n) is 7.41. The van der Waals surface area contributed by atoms with Crippen LogP contribution < -0.4 is 0 Å². The van der Waals surface area contributed by atoms with Gasteiger partial charge in [0, 0.05) is 41.1 Å². The van der Waals surface area contributed by atoms with Crippen LogP contribution in [-0.2, 0) is 13.6 Å². The van der Waals surface area contributed by atoms with Gasteiger partial charge in [0.25, 0.3) is 0 Å². The summed E-state index contributed by atoms with van der Waals surface area (Å²) >= 11 is 7.73. The van der Waals surface area contributed by atoms with Crippen LogP contribution in [0.4, 0.5) is 0 Å². The maximum absolute atomic E-state index is 13.0. The summed E-state index contributed by atoms with van der Waals surface area (Å²) in [5, 5.41) is 10.0. The standard InChI is InChI=1S/C24H23ClN4OS/c1-16-13-20(17(2)29(16)14-19-11-7-8-12-21(19)25)22(30)15-31-24-27-26-23(28(24)3)18-9-5-4-6-10-18/h4-13H,14-15H2,1-3H3. The van der Waals surface area contributed by atoms with Crippen molar-refractivity contribution in [2.24, 2.45) is 7.05 Å². The number of carbonyl (C=O) groups is 1. The molecule has 0 saturated heterocycles. The molecule has 0 amide bonds. The monoisotopic (exact) mass is 450 g/mol. The zero-order valence-electron chi connectivity index (χ0n) is 17.7. The molecule has 0 N–H and O–H groups in total. The lowest BCUT2D eigenvalue weighted by molar-refractivity contribution is 0.102. The minimum Gasteiger partial charge on any atom is -0.344 e. The van der Waals surface area contributed by atoms with Gasteiger partial charge in [0.1, 0.15) is 0 Å². The molecule has 0 spiro atoms. The highest BCUT2D eigenvalue weighted by molar-refractivity contribution is 7.99. The SMILES string of the molecule is Cc1cc(C(=O)CSc2nnc(-c3ccccc3)n2C)c(C)n1Cc1ccccc1Cl. The van der Waals surface area contributed by atoms with Crippen LogP contribution in [0.5, 0.6) is 0 Å². The molecule has 2 heterocycles. The van der Waals surface area contributed by atoms with Gasteiger partial charge in [-0.05, 0) is 31.5 Å². The smallest absolute Gasteiger partial charge is 0.191 e. The summed E-state index contributed by atoms with van der Waals surface area (Å²) in [5.74, 6) is 1.16. The van der Waals surface area contributed by atoms with Gasteiger partial charge in [0.15, 0.2) is 16.8 Å². The lowest BCUT2D eigenvalue weighted by Gasteiger charge is -2.11. The minimum absolute atomic E-state index is 0.0766. The van der Waals surface area contributed by atoms with E-state index >= 15 is 0 Å². The Morgan fingerprint density at radius 1 is 1.03 bits per heavy atom. The summed E-state index contributed by atoms with van der Waals surface area (Å²) in [7, 11) is 1.92. The predicted octanol–water partition coefficient (Wildman–Crippen LogP) is 5.58. The van der Waals surface area contributed by atoms with E-state index < -0.39 is 0 Å². The van der Waals surface area contributed by atoms with Crippen molar-refractivity contribution in [2.45, 2.75) is 25.5 Å². The zero-order chi connectivity index (χ0) is 22.0. The number of hydrogen-bond acceptors (Lipinski definition) is 4. The van der Waals surface area contributed by atoms with Gasteiger partial charge < -0.3 is 9.13 Å². The third-order valence-corrected chi connectivity index (χ3v) is 6.75. The second kappa shape index (κ2) is 9.12. The molecule has 0 unspecified atom stereocenters. The van der Waals surface area contributed by atoms with E-state index in [-0.39, 0.29) is 5.78 Å². The molecule has 31 heavy (non-hydrogen) atoms. The maximum atomic E-state index is 13.0. The molecule has 0 fully saturated rings. The van der Waals surface area contributed by atoms with Crippen LogP contribution in [0, 0.1) is 13.8 Å². The number of aryl methyl sites for hydroxylation is 1. The number of carbonyl (C=O) groups excluding carboxylic acids is 1. The third kappa shape index (κ3) is 4.45. The molecule has 0 aliphatic rings. The second-order valence-corrected chi connectivity index (χ2v) is 8.76. The Hall–Kier alpha value is -2.83. The average molecular weight is 451 g/mol. The number of halogens is 1. The predicted molar refractivity (Wildman–Crippen MR) is 126 cm³/mol. The van der Waals surface area contributed by atoms with Crippen LogP contribution in [0.1, 0.15) is 27.3 Å². The van der Waals surface area contributed by atoms with Crippen molar-refractivity contribution in [3.63, 3.8) is 0 Å². The van der Waals surface area contributed by atoms with E-state index in [1.165, 1.54) is 11.8 Å². The fraction of sp³-hybridized carbons (Fsp3) is 0.208. The highest BCUT2D eigenvalue weighted by atomic mass is 35.5. The Bertz CT molecular complexity index is 1230. The molecule has 0 saturated carbocycles. The van der Waals surface area contributed by atoms with Gasteiger partial charge in [-0.2, -0.15) is 0 Å². The quantitative estimate of drug-likeness (QED) is 0.272. The van der Waals surface area contributed by atoms with Crippen molar-refractivity contribution in [3.05, 3.63) is 88.2 Å². The number of Topliss-reactive ketones (excluding diaryl/α,β-unsaturated/α-hetero) is 1. The van der Waals surface area contributed by atoms with E-state index in [4.69, 9.17) is 11.6 Å². The van der Waals surface area contributed by atoms with E-state index in [1.54, 1.807) is 0 Å². The Balaban J connectivity index is 1.49. The lowest BCUT2D eigenvalue weighted by Crippen LogP contribution is -2.08. The fourth-order valence-electron chi connectivity index (χ4n) is 3.61.